The molecule has 0 heterocycles. The lowest BCUT2D eigenvalue weighted by Crippen LogP contribution is -2.50. The van der Waals surface area contributed by atoms with Gasteiger partial charge in [0.25, 0.3) is 0 Å². The monoisotopic (exact) mass is 527 g/mol. The highest BCUT2D eigenvalue weighted by Crippen LogP contribution is 2.40. The van der Waals surface area contributed by atoms with Crippen LogP contribution in [0.25, 0.3) is 0 Å². The molecule has 0 aromatic heterocycles. The highest BCUT2D eigenvalue weighted by Gasteiger charge is 2.43. The van der Waals surface area contributed by atoms with Crippen molar-refractivity contribution >= 4 is 5.97 Å². The van der Waals surface area contributed by atoms with Crippen molar-refractivity contribution in [3.63, 3.8) is 0 Å². The van der Waals surface area contributed by atoms with E-state index in [0.29, 0.717) is 32.5 Å². The van der Waals surface area contributed by atoms with E-state index in [9.17, 15) is 18.7 Å². The summed E-state index contributed by atoms with van der Waals surface area (Å²) in [4.78, 5) is 14.9. The Morgan fingerprint density at radius 1 is 1.14 bits per heavy atom. The summed E-state index contributed by atoms with van der Waals surface area (Å²) in [7, 11) is 5.15. The fraction of sp³-hybridized carbons (Fsp3) is 0.667. The van der Waals surface area contributed by atoms with E-state index in [4.69, 9.17) is 20.1 Å². The number of aryl methyl sites for hydroxylation is 1. The number of nitrogens with zero attached hydrogens (tertiary/aromatic N) is 2. The molecule has 1 saturated carbocycles. The van der Waals surface area contributed by atoms with Crippen LogP contribution in [0.1, 0.15) is 51.5 Å². The Kier molecular flexibility index (Phi) is 12.2. The number of ether oxygens (including phenoxy) is 3. The van der Waals surface area contributed by atoms with Gasteiger partial charge in [-0.15, -0.1) is 0 Å². The summed E-state index contributed by atoms with van der Waals surface area (Å²) in [5.41, 5.74) is -0.769. The molecule has 8 nitrogen and oxygen atoms in total. The van der Waals surface area contributed by atoms with Crippen LogP contribution in [-0.4, -0.2) is 80.6 Å². The second kappa shape index (κ2) is 14.6. The summed E-state index contributed by atoms with van der Waals surface area (Å²) in [6.45, 7) is 5.95. The molecular weight excluding hydrogens is 484 g/mol. The summed E-state index contributed by atoms with van der Waals surface area (Å²) in [5, 5.41) is 12.7. The van der Waals surface area contributed by atoms with Gasteiger partial charge in [0, 0.05) is 27.2 Å². The lowest BCUT2D eigenvalue weighted by Gasteiger charge is -2.36. The molecule has 0 saturated heterocycles. The first kappa shape index (κ1) is 31.0. The molecule has 37 heavy (non-hydrogen) atoms. The van der Waals surface area contributed by atoms with Gasteiger partial charge < -0.3 is 24.2 Å². The Bertz CT molecular complexity index is 918. The van der Waals surface area contributed by atoms with Gasteiger partial charge in [0.15, 0.2) is 11.6 Å². The molecule has 0 unspecified atom stereocenters. The van der Waals surface area contributed by atoms with Crippen LogP contribution in [0.5, 0.6) is 5.75 Å². The Hall–Kier alpha value is -2.27. The summed E-state index contributed by atoms with van der Waals surface area (Å²) in [5.74, 6) is 3.09. The van der Waals surface area contributed by atoms with Crippen LogP contribution < -0.4 is 10.6 Å². The summed E-state index contributed by atoms with van der Waals surface area (Å²) in [6.07, 6.45) is 2.83. The Morgan fingerprint density at radius 2 is 1.78 bits per heavy atom. The predicted molar refractivity (Wildman–Crippen MR) is 138 cm³/mol. The molecular formula is C27H43F2N3O5. The van der Waals surface area contributed by atoms with Gasteiger partial charge in [-0.3, -0.25) is 5.84 Å². The van der Waals surface area contributed by atoms with E-state index in [1.54, 1.807) is 14.2 Å². The number of hydrogen-bond acceptors (Lipinski definition) is 8. The van der Waals surface area contributed by atoms with Crippen molar-refractivity contribution in [2.45, 2.75) is 57.9 Å². The number of methoxy groups -OCH3 is 1. The fourth-order valence-corrected chi connectivity index (χ4v) is 4.45. The van der Waals surface area contributed by atoms with Gasteiger partial charge in [0.2, 0.25) is 5.82 Å². The predicted octanol–water partition coefficient (Wildman–Crippen LogP) is 3.98. The van der Waals surface area contributed by atoms with Gasteiger partial charge >= 0.3 is 5.97 Å². The van der Waals surface area contributed by atoms with Gasteiger partial charge in [-0.1, -0.05) is 32.8 Å². The van der Waals surface area contributed by atoms with E-state index in [0.717, 1.165) is 12.8 Å². The molecule has 10 heteroatoms. The van der Waals surface area contributed by atoms with E-state index in [1.165, 1.54) is 17.1 Å². The first-order chi connectivity index (χ1) is 17.5. The van der Waals surface area contributed by atoms with Crippen molar-refractivity contribution in [2.24, 2.45) is 11.8 Å². The van der Waals surface area contributed by atoms with Crippen LogP contribution in [0.3, 0.4) is 0 Å². The highest BCUT2D eigenvalue weighted by atomic mass is 19.2. The number of likely N-dealkylation sites (N-methyl/N-ethyl adjacent to an activating group) is 2. The third-order valence-electron chi connectivity index (χ3n) is 6.81. The van der Waals surface area contributed by atoms with Crippen molar-refractivity contribution < 1.29 is 32.9 Å². The Balaban J connectivity index is 2.19. The average molecular weight is 528 g/mol. The summed E-state index contributed by atoms with van der Waals surface area (Å²) in [6, 6.07) is 2.83. The van der Waals surface area contributed by atoms with E-state index >= 15 is 0 Å². The zero-order valence-electron chi connectivity index (χ0n) is 22.8. The van der Waals surface area contributed by atoms with Gasteiger partial charge in [-0.2, -0.15) is 4.39 Å². The largest absolute Gasteiger partial charge is 0.510 e. The van der Waals surface area contributed by atoms with E-state index in [2.05, 4.69) is 0 Å². The van der Waals surface area contributed by atoms with Crippen LogP contribution in [0.15, 0.2) is 23.5 Å². The molecule has 0 amide bonds. The average Bonchev–Trinajstić information content (AvgIpc) is 3.36. The molecule has 1 aromatic carbocycles. The normalized spacial score (nSPS) is 16.0. The zero-order valence-corrected chi connectivity index (χ0v) is 22.8. The van der Waals surface area contributed by atoms with Crippen LogP contribution in [0.4, 0.5) is 8.78 Å². The molecule has 2 rings (SSSR count). The summed E-state index contributed by atoms with van der Waals surface area (Å²) < 4.78 is 45.5. The lowest BCUT2D eigenvalue weighted by molar-refractivity contribution is -0.140. The van der Waals surface area contributed by atoms with Gasteiger partial charge in [0.1, 0.15) is 12.4 Å². The van der Waals surface area contributed by atoms with Crippen molar-refractivity contribution in [1.29, 1.82) is 0 Å². The second-order valence-electron chi connectivity index (χ2n) is 10.2. The number of aliphatic hydroxyl groups is 1. The minimum absolute atomic E-state index is 0.0106. The molecule has 1 aliphatic carbocycles. The van der Waals surface area contributed by atoms with Crippen molar-refractivity contribution in [3.05, 3.63) is 40.7 Å². The number of esters is 1. The molecule has 0 aliphatic heterocycles. The number of hydrogen-bond donors (Lipinski definition) is 2. The number of carbonyl (C=O) groups excluding carboxylic acids is 1. The van der Waals surface area contributed by atoms with Crippen LogP contribution in [0, 0.1) is 17.6 Å². The molecule has 210 valence electrons. The summed E-state index contributed by atoms with van der Waals surface area (Å²) >= 11 is 0. The van der Waals surface area contributed by atoms with Crippen LogP contribution in [-0.2, 0) is 20.7 Å². The Morgan fingerprint density at radius 3 is 2.38 bits per heavy atom. The van der Waals surface area contributed by atoms with Crippen LogP contribution in [0.2, 0.25) is 0 Å². The minimum Gasteiger partial charge on any atom is -0.510 e. The van der Waals surface area contributed by atoms with Crippen molar-refractivity contribution in [1.82, 2.24) is 9.91 Å². The molecule has 3 N–H and O–H groups in total. The van der Waals surface area contributed by atoms with Crippen molar-refractivity contribution in [3.8, 4) is 5.75 Å². The van der Waals surface area contributed by atoms with Gasteiger partial charge in [0.05, 0.1) is 24.3 Å². The first-order valence-electron chi connectivity index (χ1n) is 12.9. The van der Waals surface area contributed by atoms with E-state index in [1.807, 2.05) is 25.8 Å². The fourth-order valence-electron chi connectivity index (χ4n) is 4.45. The zero-order chi connectivity index (χ0) is 27.6. The lowest BCUT2D eigenvalue weighted by atomic mass is 9.89. The third kappa shape index (κ3) is 8.36. The number of hydrazine groups is 1. The van der Waals surface area contributed by atoms with E-state index in [-0.39, 0.29) is 54.6 Å². The number of nitrogens with two attached hydrogens (primary N) is 1. The molecule has 1 aromatic rings. The quantitative estimate of drug-likeness (QED) is 0.116. The maximum atomic E-state index is 14.9. The molecule has 1 fully saturated rings. The highest BCUT2D eigenvalue weighted by molar-refractivity contribution is 5.89. The SMILES string of the molecule is COCCN(C)CCOc1ccc(CC/C(C(=O)OCC(C)C)=C(/O)C2(N(C)N)CCCC2)c(F)c1F. The second-order valence-corrected chi connectivity index (χ2v) is 10.2. The number of carbonyl (C=O) groups is 1. The molecule has 0 radical (unpaired) electrons. The third-order valence-corrected chi connectivity index (χ3v) is 6.81. The number of benzene rings is 1. The van der Waals surface area contributed by atoms with E-state index < -0.39 is 23.1 Å². The minimum atomic E-state index is -1.08. The molecule has 0 bridgehead atoms. The van der Waals surface area contributed by atoms with Gasteiger partial charge in [-0.05, 0) is 50.3 Å². The number of aliphatic hydroxyl groups excluding tert-OH is 1. The maximum Gasteiger partial charge on any atom is 0.337 e. The smallest absolute Gasteiger partial charge is 0.337 e. The topological polar surface area (TPSA) is 97.5 Å². The first-order valence-corrected chi connectivity index (χ1v) is 12.9. The Labute approximate surface area is 219 Å². The van der Waals surface area contributed by atoms with Crippen molar-refractivity contribution in [2.75, 3.05) is 54.1 Å². The van der Waals surface area contributed by atoms with Crippen LogP contribution >= 0.6 is 0 Å². The molecule has 0 spiro atoms. The number of rotatable bonds is 15. The maximum absolute atomic E-state index is 14.9. The molecule has 0 atom stereocenters. The van der Waals surface area contributed by atoms with Gasteiger partial charge in [-0.25, -0.2) is 14.2 Å². The standard InChI is InChI=1S/C27H43F2N3O5/c1-19(2)18-37-26(34)21(25(33)27(32(4)30)12-6-7-13-27)10-8-20-9-11-22(24(29)23(20)28)36-17-15-31(3)14-16-35-5/h9,11,19,33H,6-8,10,12-18,30H2,1-5H3/b25-21-. The molecule has 1 aliphatic rings. The number of halogens is 2.